The standard InChI is InChI=1S/C7H11BrN4/c8-6-5(4-9)11-7-10-2-1-3-12(6)7/h1-4,9H2,(H,10,11). The molecule has 2 heterocycles. The van der Waals surface area contributed by atoms with Gasteiger partial charge in [-0.05, 0) is 22.4 Å². The van der Waals surface area contributed by atoms with Crippen LogP contribution in [0.2, 0.25) is 0 Å². The van der Waals surface area contributed by atoms with Crippen molar-refractivity contribution in [1.82, 2.24) is 9.55 Å². The summed E-state index contributed by atoms with van der Waals surface area (Å²) in [6.07, 6.45) is 1.14. The van der Waals surface area contributed by atoms with Gasteiger partial charge in [0.2, 0.25) is 5.95 Å². The Kier molecular flexibility index (Phi) is 2.06. The van der Waals surface area contributed by atoms with Crippen LogP contribution in [0.25, 0.3) is 0 Å². The lowest BCUT2D eigenvalue weighted by Crippen LogP contribution is -2.17. The molecule has 3 N–H and O–H groups in total. The quantitative estimate of drug-likeness (QED) is 0.755. The van der Waals surface area contributed by atoms with Gasteiger partial charge in [0.25, 0.3) is 0 Å². The molecule has 1 aliphatic heterocycles. The maximum Gasteiger partial charge on any atom is 0.204 e. The van der Waals surface area contributed by atoms with E-state index in [1.165, 1.54) is 0 Å². The number of aromatic nitrogens is 2. The summed E-state index contributed by atoms with van der Waals surface area (Å²) < 4.78 is 3.14. The second-order valence-electron chi connectivity index (χ2n) is 2.81. The average Bonchev–Trinajstić information content (AvgIpc) is 2.44. The van der Waals surface area contributed by atoms with E-state index in [4.69, 9.17) is 5.73 Å². The lowest BCUT2D eigenvalue weighted by molar-refractivity contribution is 0.617. The highest BCUT2D eigenvalue weighted by Gasteiger charge is 2.15. The first kappa shape index (κ1) is 8.07. The van der Waals surface area contributed by atoms with Gasteiger partial charge in [0, 0.05) is 19.6 Å². The van der Waals surface area contributed by atoms with Gasteiger partial charge in [-0.25, -0.2) is 4.98 Å². The molecule has 66 valence electrons. The van der Waals surface area contributed by atoms with Gasteiger partial charge in [-0.15, -0.1) is 0 Å². The minimum atomic E-state index is 0.488. The molecule has 0 aromatic carbocycles. The number of hydrogen-bond acceptors (Lipinski definition) is 3. The van der Waals surface area contributed by atoms with Crippen molar-refractivity contribution in [2.24, 2.45) is 5.73 Å². The van der Waals surface area contributed by atoms with E-state index >= 15 is 0 Å². The highest BCUT2D eigenvalue weighted by Crippen LogP contribution is 2.24. The Hall–Kier alpha value is -0.550. The Labute approximate surface area is 79.3 Å². The third kappa shape index (κ3) is 1.13. The number of nitrogens with two attached hydrogens (primary N) is 1. The summed E-state index contributed by atoms with van der Waals surface area (Å²) in [5.74, 6) is 0.938. The van der Waals surface area contributed by atoms with Crippen LogP contribution >= 0.6 is 15.9 Å². The molecular formula is C7H11BrN4. The first-order valence-corrected chi connectivity index (χ1v) is 4.81. The van der Waals surface area contributed by atoms with Crippen LogP contribution in [0, 0.1) is 0 Å². The summed E-state index contributed by atoms with van der Waals surface area (Å²) >= 11 is 3.48. The van der Waals surface area contributed by atoms with Crippen molar-refractivity contribution < 1.29 is 0 Å². The van der Waals surface area contributed by atoms with Crippen LogP contribution in [0.3, 0.4) is 0 Å². The molecule has 0 spiro atoms. The molecule has 1 aliphatic rings. The summed E-state index contributed by atoms with van der Waals surface area (Å²) in [5, 5.41) is 3.22. The van der Waals surface area contributed by atoms with E-state index in [1.807, 2.05) is 0 Å². The zero-order chi connectivity index (χ0) is 8.55. The van der Waals surface area contributed by atoms with Crippen molar-refractivity contribution >= 4 is 21.9 Å². The molecule has 0 radical (unpaired) electrons. The van der Waals surface area contributed by atoms with E-state index in [0.29, 0.717) is 6.54 Å². The molecule has 2 rings (SSSR count). The van der Waals surface area contributed by atoms with Crippen LogP contribution in [0.5, 0.6) is 0 Å². The predicted octanol–water partition coefficient (Wildman–Crippen LogP) is 0.920. The van der Waals surface area contributed by atoms with E-state index in [2.05, 4.69) is 30.8 Å². The number of nitrogens with one attached hydrogen (secondary N) is 1. The second-order valence-corrected chi connectivity index (χ2v) is 3.56. The fourth-order valence-electron chi connectivity index (χ4n) is 1.39. The smallest absolute Gasteiger partial charge is 0.204 e. The zero-order valence-electron chi connectivity index (χ0n) is 6.68. The number of nitrogens with zero attached hydrogens (tertiary/aromatic N) is 2. The van der Waals surface area contributed by atoms with Gasteiger partial charge in [-0.3, -0.25) is 0 Å². The lowest BCUT2D eigenvalue weighted by Gasteiger charge is -2.15. The molecule has 4 nitrogen and oxygen atoms in total. The Balaban J connectivity index is 2.44. The van der Waals surface area contributed by atoms with Crippen molar-refractivity contribution in [2.45, 2.75) is 19.5 Å². The lowest BCUT2D eigenvalue weighted by atomic mass is 10.4. The summed E-state index contributed by atoms with van der Waals surface area (Å²) in [5.41, 5.74) is 6.46. The molecule has 0 saturated heterocycles. The fourth-order valence-corrected chi connectivity index (χ4v) is 1.99. The zero-order valence-corrected chi connectivity index (χ0v) is 8.26. The van der Waals surface area contributed by atoms with Gasteiger partial charge in [0.05, 0.1) is 5.69 Å². The molecule has 0 aliphatic carbocycles. The Bertz CT molecular complexity index is 294. The fraction of sp³-hybridized carbons (Fsp3) is 0.571. The molecule has 0 amide bonds. The Morgan fingerprint density at radius 1 is 1.67 bits per heavy atom. The van der Waals surface area contributed by atoms with E-state index in [9.17, 15) is 0 Å². The first-order valence-electron chi connectivity index (χ1n) is 4.01. The van der Waals surface area contributed by atoms with Crippen LogP contribution in [0.1, 0.15) is 12.1 Å². The van der Waals surface area contributed by atoms with E-state index in [-0.39, 0.29) is 0 Å². The summed E-state index contributed by atoms with van der Waals surface area (Å²) in [4.78, 5) is 4.35. The maximum absolute atomic E-state index is 5.53. The SMILES string of the molecule is NCc1nc2n(c1Br)CCCN2. The Morgan fingerprint density at radius 3 is 3.17 bits per heavy atom. The summed E-state index contributed by atoms with van der Waals surface area (Å²) in [6.45, 7) is 2.52. The molecule has 5 heteroatoms. The predicted molar refractivity (Wildman–Crippen MR) is 50.9 cm³/mol. The third-order valence-electron chi connectivity index (χ3n) is 2.01. The average molecular weight is 231 g/mol. The molecule has 0 bridgehead atoms. The maximum atomic E-state index is 5.53. The molecule has 0 unspecified atom stereocenters. The van der Waals surface area contributed by atoms with Gasteiger partial charge in [-0.1, -0.05) is 0 Å². The van der Waals surface area contributed by atoms with Crippen molar-refractivity contribution in [1.29, 1.82) is 0 Å². The van der Waals surface area contributed by atoms with Gasteiger partial charge >= 0.3 is 0 Å². The molecule has 12 heavy (non-hydrogen) atoms. The normalized spacial score (nSPS) is 15.5. The number of halogens is 1. The van der Waals surface area contributed by atoms with Gasteiger partial charge < -0.3 is 15.6 Å². The highest BCUT2D eigenvalue weighted by atomic mass is 79.9. The van der Waals surface area contributed by atoms with E-state index < -0.39 is 0 Å². The van der Waals surface area contributed by atoms with E-state index in [1.54, 1.807) is 0 Å². The van der Waals surface area contributed by atoms with Crippen molar-refractivity contribution in [3.8, 4) is 0 Å². The first-order chi connectivity index (χ1) is 5.83. The minimum absolute atomic E-state index is 0.488. The molecular weight excluding hydrogens is 220 g/mol. The molecule has 0 fully saturated rings. The summed E-state index contributed by atoms with van der Waals surface area (Å²) in [6, 6.07) is 0. The number of rotatable bonds is 1. The largest absolute Gasteiger partial charge is 0.356 e. The molecule has 1 aromatic heterocycles. The van der Waals surface area contributed by atoms with Crippen LogP contribution in [-0.2, 0) is 13.1 Å². The number of hydrogen-bond donors (Lipinski definition) is 2. The molecule has 0 atom stereocenters. The van der Waals surface area contributed by atoms with Crippen LogP contribution in [0.4, 0.5) is 5.95 Å². The molecule has 1 aromatic rings. The summed E-state index contributed by atoms with van der Waals surface area (Å²) in [7, 11) is 0. The van der Waals surface area contributed by atoms with Crippen molar-refractivity contribution in [2.75, 3.05) is 11.9 Å². The number of anilines is 1. The van der Waals surface area contributed by atoms with Gasteiger partial charge in [0.15, 0.2) is 0 Å². The van der Waals surface area contributed by atoms with Crippen molar-refractivity contribution in [3.63, 3.8) is 0 Å². The van der Waals surface area contributed by atoms with E-state index in [0.717, 1.165) is 35.8 Å². The van der Waals surface area contributed by atoms with Crippen LogP contribution < -0.4 is 11.1 Å². The number of imidazole rings is 1. The monoisotopic (exact) mass is 230 g/mol. The van der Waals surface area contributed by atoms with Gasteiger partial charge in [-0.2, -0.15) is 0 Å². The van der Waals surface area contributed by atoms with Crippen molar-refractivity contribution in [3.05, 3.63) is 10.3 Å². The Morgan fingerprint density at radius 2 is 2.50 bits per heavy atom. The van der Waals surface area contributed by atoms with Gasteiger partial charge in [0.1, 0.15) is 4.60 Å². The third-order valence-corrected chi connectivity index (χ3v) is 2.89. The van der Waals surface area contributed by atoms with Crippen LogP contribution in [0.15, 0.2) is 4.60 Å². The number of fused-ring (bicyclic) bond motifs is 1. The highest BCUT2D eigenvalue weighted by molar-refractivity contribution is 9.10. The van der Waals surface area contributed by atoms with Crippen LogP contribution in [-0.4, -0.2) is 16.1 Å². The second kappa shape index (κ2) is 3.06. The minimum Gasteiger partial charge on any atom is -0.356 e. The topological polar surface area (TPSA) is 55.9 Å². The molecule has 0 saturated carbocycles.